The number of H-pyrrole nitrogens is 1. The number of hydrogen-bond donors (Lipinski definition) is 2. The van der Waals surface area contributed by atoms with E-state index in [0.717, 1.165) is 5.69 Å². The van der Waals surface area contributed by atoms with Crippen molar-refractivity contribution >= 4 is 5.69 Å². The molecule has 13 heavy (non-hydrogen) atoms. The number of hydrogen-bond acceptors (Lipinski definition) is 4. The molecule has 0 bridgehead atoms. The Hall–Kier alpha value is -1.07. The lowest BCUT2D eigenvalue weighted by Gasteiger charge is -2.22. The Morgan fingerprint density at radius 1 is 1.46 bits per heavy atom. The van der Waals surface area contributed by atoms with Crippen molar-refractivity contribution in [2.45, 2.75) is 19.3 Å². The summed E-state index contributed by atoms with van der Waals surface area (Å²) in [5, 5.41) is 9.71. The zero-order chi connectivity index (χ0) is 9.68. The molecular weight excluding hydrogens is 170 g/mol. The van der Waals surface area contributed by atoms with Crippen molar-refractivity contribution in [2.24, 2.45) is 0 Å². The smallest absolute Gasteiger partial charge is 0.176 e. The van der Waals surface area contributed by atoms with Crippen LogP contribution in [-0.2, 0) is 9.47 Å². The third kappa shape index (κ3) is 2.71. The molecule has 5 heteroatoms. The number of anilines is 1. The molecule has 0 amide bonds. The van der Waals surface area contributed by atoms with Crippen LogP contribution in [0.2, 0.25) is 0 Å². The Morgan fingerprint density at radius 3 is 2.62 bits per heavy atom. The maximum absolute atomic E-state index is 5.09. The lowest BCUT2D eigenvalue weighted by Crippen LogP contribution is -2.33. The molecule has 0 aliphatic rings. The van der Waals surface area contributed by atoms with Crippen LogP contribution in [0.4, 0.5) is 5.69 Å². The van der Waals surface area contributed by atoms with E-state index < -0.39 is 0 Å². The van der Waals surface area contributed by atoms with Crippen molar-refractivity contribution in [2.75, 3.05) is 19.5 Å². The van der Waals surface area contributed by atoms with E-state index in [1.807, 2.05) is 6.92 Å². The third-order valence-corrected chi connectivity index (χ3v) is 1.77. The highest BCUT2D eigenvalue weighted by Gasteiger charge is 2.15. The summed E-state index contributed by atoms with van der Waals surface area (Å²) in [6.45, 7) is 1.98. The first kappa shape index (κ1) is 10.0. The summed E-state index contributed by atoms with van der Waals surface area (Å²) in [5.74, 6) is 0. The standard InChI is InChI=1S/C8H15N3O2/c1-6(8(12-2)13-3)11-7-4-9-10-5-7/h4-6,8,11H,1-3H3,(H,9,10). The van der Waals surface area contributed by atoms with E-state index >= 15 is 0 Å². The second-order valence-electron chi connectivity index (χ2n) is 2.76. The minimum Gasteiger partial charge on any atom is -0.375 e. The molecule has 1 rings (SSSR count). The fourth-order valence-corrected chi connectivity index (χ4v) is 1.17. The van der Waals surface area contributed by atoms with Crippen LogP contribution in [0.5, 0.6) is 0 Å². The lowest BCUT2D eigenvalue weighted by atomic mass is 10.3. The monoisotopic (exact) mass is 185 g/mol. The molecule has 1 heterocycles. The second-order valence-corrected chi connectivity index (χ2v) is 2.76. The zero-order valence-corrected chi connectivity index (χ0v) is 8.07. The van der Waals surface area contributed by atoms with Gasteiger partial charge in [0.15, 0.2) is 6.29 Å². The van der Waals surface area contributed by atoms with Gasteiger partial charge in [-0.2, -0.15) is 5.10 Å². The van der Waals surface area contributed by atoms with E-state index in [4.69, 9.17) is 9.47 Å². The summed E-state index contributed by atoms with van der Waals surface area (Å²) in [5.41, 5.74) is 0.923. The van der Waals surface area contributed by atoms with Crippen LogP contribution < -0.4 is 5.32 Å². The van der Waals surface area contributed by atoms with Crippen molar-refractivity contribution in [3.8, 4) is 0 Å². The van der Waals surface area contributed by atoms with Crippen molar-refractivity contribution in [1.29, 1.82) is 0 Å². The Kier molecular flexibility index (Phi) is 3.72. The number of methoxy groups -OCH3 is 2. The van der Waals surface area contributed by atoms with Crippen molar-refractivity contribution < 1.29 is 9.47 Å². The van der Waals surface area contributed by atoms with Crippen molar-refractivity contribution in [1.82, 2.24) is 10.2 Å². The first-order valence-electron chi connectivity index (χ1n) is 4.09. The number of ether oxygens (including phenoxy) is 2. The van der Waals surface area contributed by atoms with Gasteiger partial charge in [-0.15, -0.1) is 0 Å². The molecular formula is C8H15N3O2. The zero-order valence-electron chi connectivity index (χ0n) is 8.07. The molecule has 0 aromatic carbocycles. The summed E-state index contributed by atoms with van der Waals surface area (Å²) < 4.78 is 10.2. The Labute approximate surface area is 77.4 Å². The number of aromatic nitrogens is 2. The highest BCUT2D eigenvalue weighted by molar-refractivity contribution is 5.38. The second kappa shape index (κ2) is 4.84. The molecule has 74 valence electrons. The topological polar surface area (TPSA) is 59.2 Å². The average molecular weight is 185 g/mol. The van der Waals surface area contributed by atoms with Crippen LogP contribution in [0.1, 0.15) is 6.92 Å². The van der Waals surface area contributed by atoms with E-state index in [1.54, 1.807) is 26.6 Å². The lowest BCUT2D eigenvalue weighted by molar-refractivity contribution is -0.109. The molecule has 0 saturated carbocycles. The van der Waals surface area contributed by atoms with Gasteiger partial charge >= 0.3 is 0 Å². The van der Waals surface area contributed by atoms with Gasteiger partial charge in [-0.1, -0.05) is 0 Å². The van der Waals surface area contributed by atoms with Gasteiger partial charge in [-0.25, -0.2) is 0 Å². The minimum atomic E-state index is -0.255. The average Bonchev–Trinajstić information content (AvgIpc) is 2.59. The molecule has 0 aliphatic heterocycles. The Bertz CT molecular complexity index is 221. The molecule has 1 atom stereocenters. The van der Waals surface area contributed by atoms with E-state index in [9.17, 15) is 0 Å². The fraction of sp³-hybridized carbons (Fsp3) is 0.625. The number of nitrogens with one attached hydrogen (secondary N) is 2. The van der Waals surface area contributed by atoms with Gasteiger partial charge in [0.1, 0.15) is 0 Å². The normalized spacial score (nSPS) is 13.2. The van der Waals surface area contributed by atoms with Gasteiger partial charge in [-0.05, 0) is 6.92 Å². The van der Waals surface area contributed by atoms with E-state index in [1.165, 1.54) is 0 Å². The number of aromatic amines is 1. The Morgan fingerprint density at radius 2 is 2.15 bits per heavy atom. The highest BCUT2D eigenvalue weighted by atomic mass is 16.7. The molecule has 1 aromatic rings. The molecule has 0 aliphatic carbocycles. The van der Waals surface area contributed by atoms with Gasteiger partial charge in [0.2, 0.25) is 0 Å². The number of nitrogens with zero attached hydrogens (tertiary/aromatic N) is 1. The number of rotatable bonds is 5. The van der Waals surface area contributed by atoms with Crippen LogP contribution in [0.25, 0.3) is 0 Å². The maximum atomic E-state index is 5.09. The van der Waals surface area contributed by atoms with Gasteiger partial charge in [0.25, 0.3) is 0 Å². The largest absolute Gasteiger partial charge is 0.375 e. The van der Waals surface area contributed by atoms with Crippen LogP contribution in [0.15, 0.2) is 12.4 Å². The summed E-state index contributed by atoms with van der Waals surface area (Å²) in [6.07, 6.45) is 3.23. The predicted molar refractivity (Wildman–Crippen MR) is 49.5 cm³/mol. The molecule has 1 unspecified atom stereocenters. The van der Waals surface area contributed by atoms with Gasteiger partial charge < -0.3 is 14.8 Å². The summed E-state index contributed by atoms with van der Waals surface area (Å²) in [6, 6.07) is 0.0765. The van der Waals surface area contributed by atoms with Crippen molar-refractivity contribution in [3.63, 3.8) is 0 Å². The van der Waals surface area contributed by atoms with E-state index in [-0.39, 0.29) is 12.3 Å². The third-order valence-electron chi connectivity index (χ3n) is 1.77. The molecule has 0 fully saturated rings. The summed E-state index contributed by atoms with van der Waals surface area (Å²) in [7, 11) is 3.23. The first-order chi connectivity index (χ1) is 6.27. The van der Waals surface area contributed by atoms with Gasteiger partial charge in [0, 0.05) is 20.4 Å². The van der Waals surface area contributed by atoms with Crippen LogP contribution in [-0.4, -0.2) is 36.7 Å². The summed E-state index contributed by atoms with van der Waals surface area (Å²) in [4.78, 5) is 0. The van der Waals surface area contributed by atoms with Gasteiger partial charge in [0.05, 0.1) is 17.9 Å². The molecule has 2 N–H and O–H groups in total. The van der Waals surface area contributed by atoms with Crippen LogP contribution in [0.3, 0.4) is 0 Å². The maximum Gasteiger partial charge on any atom is 0.176 e. The molecule has 0 radical (unpaired) electrons. The quantitative estimate of drug-likeness (QED) is 0.667. The SMILES string of the molecule is COC(OC)C(C)Nc1cn[nH]c1. The molecule has 1 aromatic heterocycles. The van der Waals surface area contributed by atoms with Gasteiger partial charge in [-0.3, -0.25) is 5.10 Å². The molecule has 5 nitrogen and oxygen atoms in total. The Balaban J connectivity index is 2.44. The molecule has 0 saturated heterocycles. The summed E-state index contributed by atoms with van der Waals surface area (Å²) >= 11 is 0. The minimum absolute atomic E-state index is 0.0765. The molecule has 0 spiro atoms. The van der Waals surface area contributed by atoms with Crippen molar-refractivity contribution in [3.05, 3.63) is 12.4 Å². The van der Waals surface area contributed by atoms with E-state index in [0.29, 0.717) is 0 Å². The van der Waals surface area contributed by atoms with E-state index in [2.05, 4.69) is 15.5 Å². The first-order valence-corrected chi connectivity index (χ1v) is 4.09. The predicted octanol–water partition coefficient (Wildman–Crippen LogP) is 0.829. The van der Waals surface area contributed by atoms with Crippen LogP contribution in [0, 0.1) is 0 Å². The fourth-order valence-electron chi connectivity index (χ4n) is 1.17. The highest BCUT2D eigenvalue weighted by Crippen LogP contribution is 2.08. The van der Waals surface area contributed by atoms with Crippen LogP contribution >= 0.6 is 0 Å².